The first-order chi connectivity index (χ1) is 8.06. The molecule has 0 heterocycles. The van der Waals surface area contributed by atoms with Crippen molar-refractivity contribution in [2.45, 2.75) is 24.9 Å². The first-order valence-corrected chi connectivity index (χ1v) is 7.07. The molecule has 1 rings (SSSR count). The molecule has 0 saturated heterocycles. The third-order valence-corrected chi connectivity index (χ3v) is 4.01. The van der Waals surface area contributed by atoms with Crippen LogP contribution in [0.1, 0.15) is 19.4 Å². The Labute approximate surface area is 116 Å². The number of carbonyl (C=O) groups is 1. The van der Waals surface area contributed by atoms with E-state index in [-0.39, 0.29) is 11.2 Å². The van der Waals surface area contributed by atoms with Gasteiger partial charge in [-0.2, -0.15) is 0 Å². The molecule has 0 bridgehead atoms. The molecule has 0 fully saturated rings. The lowest BCUT2D eigenvalue weighted by molar-refractivity contribution is -0.142. The minimum absolute atomic E-state index is 0.208. The van der Waals surface area contributed by atoms with Gasteiger partial charge < -0.3 is 4.74 Å². The SMILES string of the molecule is CCOC(=O)C(C)SCc1c(Cl)cccc1Cl. The maximum Gasteiger partial charge on any atom is 0.318 e. The third kappa shape index (κ3) is 4.41. The molecule has 2 nitrogen and oxygen atoms in total. The summed E-state index contributed by atoms with van der Waals surface area (Å²) in [6.07, 6.45) is 0. The summed E-state index contributed by atoms with van der Waals surface area (Å²) in [7, 11) is 0. The van der Waals surface area contributed by atoms with E-state index < -0.39 is 0 Å². The maximum atomic E-state index is 11.4. The quantitative estimate of drug-likeness (QED) is 0.762. The molecular formula is C12H14Cl2O2S. The normalized spacial score (nSPS) is 12.2. The van der Waals surface area contributed by atoms with E-state index in [4.69, 9.17) is 27.9 Å². The zero-order chi connectivity index (χ0) is 12.8. The molecule has 0 N–H and O–H groups in total. The number of halogens is 2. The van der Waals surface area contributed by atoms with Crippen LogP contribution in [-0.2, 0) is 15.3 Å². The number of carbonyl (C=O) groups excluding carboxylic acids is 1. The van der Waals surface area contributed by atoms with Gasteiger partial charge in [-0.3, -0.25) is 4.79 Å². The van der Waals surface area contributed by atoms with Gasteiger partial charge in [-0.25, -0.2) is 0 Å². The lowest BCUT2D eigenvalue weighted by Gasteiger charge is -2.11. The monoisotopic (exact) mass is 292 g/mol. The van der Waals surface area contributed by atoms with Crippen LogP contribution in [0.5, 0.6) is 0 Å². The summed E-state index contributed by atoms with van der Waals surface area (Å²) < 4.78 is 4.93. The van der Waals surface area contributed by atoms with Gasteiger partial charge in [0.05, 0.1) is 11.9 Å². The fourth-order valence-corrected chi connectivity index (χ4v) is 2.83. The Morgan fingerprint density at radius 1 is 1.41 bits per heavy atom. The molecule has 5 heteroatoms. The molecule has 1 aromatic carbocycles. The molecule has 0 amide bonds. The predicted octanol–water partition coefficient (Wildman–Crippen LogP) is 4.18. The minimum atomic E-state index is -0.220. The summed E-state index contributed by atoms with van der Waals surface area (Å²) in [5, 5.41) is 1.03. The molecule has 0 saturated carbocycles. The van der Waals surface area contributed by atoms with E-state index in [1.54, 1.807) is 25.1 Å². The highest BCUT2D eigenvalue weighted by molar-refractivity contribution is 7.99. The van der Waals surface area contributed by atoms with Gasteiger partial charge in [0.25, 0.3) is 0 Å². The number of benzene rings is 1. The van der Waals surface area contributed by atoms with Gasteiger partial charge in [-0.15, -0.1) is 11.8 Å². The molecule has 17 heavy (non-hydrogen) atoms. The Hall–Kier alpha value is -0.380. The summed E-state index contributed by atoms with van der Waals surface area (Å²) in [5.74, 6) is 0.388. The van der Waals surface area contributed by atoms with E-state index in [2.05, 4.69) is 0 Å². The molecule has 0 aliphatic heterocycles. The fraction of sp³-hybridized carbons (Fsp3) is 0.417. The highest BCUT2D eigenvalue weighted by Crippen LogP contribution is 2.29. The zero-order valence-electron chi connectivity index (χ0n) is 9.70. The van der Waals surface area contributed by atoms with Crippen LogP contribution >= 0.6 is 35.0 Å². The van der Waals surface area contributed by atoms with Crippen molar-refractivity contribution in [2.75, 3.05) is 6.61 Å². The van der Waals surface area contributed by atoms with Crippen LogP contribution in [0.3, 0.4) is 0 Å². The molecule has 0 aliphatic rings. The van der Waals surface area contributed by atoms with Crippen molar-refractivity contribution >= 4 is 40.9 Å². The Morgan fingerprint density at radius 3 is 2.53 bits per heavy atom. The van der Waals surface area contributed by atoms with Crippen LogP contribution in [-0.4, -0.2) is 17.8 Å². The summed E-state index contributed by atoms with van der Waals surface area (Å²) in [6, 6.07) is 5.38. The number of thioether (sulfide) groups is 1. The largest absolute Gasteiger partial charge is 0.465 e. The van der Waals surface area contributed by atoms with Crippen molar-refractivity contribution in [2.24, 2.45) is 0 Å². The van der Waals surface area contributed by atoms with E-state index in [9.17, 15) is 4.79 Å². The van der Waals surface area contributed by atoms with Crippen molar-refractivity contribution < 1.29 is 9.53 Å². The molecule has 0 radical (unpaired) electrons. The molecule has 1 atom stereocenters. The Kier molecular flexibility index (Phi) is 6.17. The minimum Gasteiger partial charge on any atom is -0.465 e. The fourth-order valence-electron chi connectivity index (χ4n) is 1.21. The van der Waals surface area contributed by atoms with E-state index in [1.807, 2.05) is 6.92 Å². The van der Waals surface area contributed by atoms with Crippen molar-refractivity contribution in [3.8, 4) is 0 Å². The zero-order valence-corrected chi connectivity index (χ0v) is 12.0. The Morgan fingerprint density at radius 2 is 2.00 bits per heavy atom. The average molecular weight is 293 g/mol. The van der Waals surface area contributed by atoms with Crippen LogP contribution in [0.15, 0.2) is 18.2 Å². The van der Waals surface area contributed by atoms with Gasteiger partial charge in [-0.05, 0) is 31.5 Å². The number of rotatable bonds is 5. The molecule has 0 aliphatic carbocycles. The van der Waals surface area contributed by atoms with Gasteiger partial charge >= 0.3 is 5.97 Å². The Bertz CT molecular complexity index is 376. The van der Waals surface area contributed by atoms with Crippen LogP contribution < -0.4 is 0 Å². The summed E-state index contributed by atoms with van der Waals surface area (Å²) in [5.41, 5.74) is 0.858. The summed E-state index contributed by atoms with van der Waals surface area (Å²) in [6.45, 7) is 4.00. The lowest BCUT2D eigenvalue weighted by atomic mass is 10.2. The molecule has 0 aromatic heterocycles. The van der Waals surface area contributed by atoms with Crippen LogP contribution in [0.25, 0.3) is 0 Å². The highest BCUT2D eigenvalue weighted by atomic mass is 35.5. The van der Waals surface area contributed by atoms with E-state index in [1.165, 1.54) is 11.8 Å². The first kappa shape index (κ1) is 14.7. The number of ether oxygens (including phenoxy) is 1. The van der Waals surface area contributed by atoms with E-state index >= 15 is 0 Å². The van der Waals surface area contributed by atoms with Gasteiger partial charge in [0.2, 0.25) is 0 Å². The molecule has 1 unspecified atom stereocenters. The molecule has 0 spiro atoms. The Balaban J connectivity index is 2.58. The third-order valence-electron chi connectivity index (χ3n) is 2.16. The van der Waals surface area contributed by atoms with Crippen molar-refractivity contribution in [3.05, 3.63) is 33.8 Å². The molecule has 1 aromatic rings. The second-order valence-corrected chi connectivity index (χ2v) is 5.55. The van der Waals surface area contributed by atoms with Gasteiger partial charge in [0.15, 0.2) is 0 Å². The number of esters is 1. The standard InChI is InChI=1S/C12H14Cl2O2S/c1-3-16-12(15)8(2)17-7-9-10(13)5-4-6-11(9)14/h4-6,8H,3,7H2,1-2H3. The van der Waals surface area contributed by atoms with E-state index in [0.29, 0.717) is 22.4 Å². The first-order valence-electron chi connectivity index (χ1n) is 5.27. The summed E-state index contributed by atoms with van der Waals surface area (Å²) in [4.78, 5) is 11.4. The van der Waals surface area contributed by atoms with Gasteiger partial charge in [0, 0.05) is 15.8 Å². The van der Waals surface area contributed by atoms with Crippen LogP contribution in [0.4, 0.5) is 0 Å². The maximum absolute atomic E-state index is 11.4. The number of hydrogen-bond acceptors (Lipinski definition) is 3. The molecular weight excluding hydrogens is 279 g/mol. The van der Waals surface area contributed by atoms with Crippen LogP contribution in [0, 0.1) is 0 Å². The van der Waals surface area contributed by atoms with Crippen molar-refractivity contribution in [3.63, 3.8) is 0 Å². The average Bonchev–Trinajstić information content (AvgIpc) is 2.28. The second kappa shape index (κ2) is 7.14. The summed E-state index contributed by atoms with van der Waals surface area (Å²) >= 11 is 13.5. The van der Waals surface area contributed by atoms with Crippen molar-refractivity contribution in [1.29, 1.82) is 0 Å². The van der Waals surface area contributed by atoms with Crippen LogP contribution in [0.2, 0.25) is 10.0 Å². The topological polar surface area (TPSA) is 26.3 Å². The van der Waals surface area contributed by atoms with Gasteiger partial charge in [0.1, 0.15) is 0 Å². The lowest BCUT2D eigenvalue weighted by Crippen LogP contribution is -2.16. The molecule has 94 valence electrons. The number of hydrogen-bond donors (Lipinski definition) is 0. The van der Waals surface area contributed by atoms with Gasteiger partial charge in [-0.1, -0.05) is 29.3 Å². The smallest absolute Gasteiger partial charge is 0.318 e. The van der Waals surface area contributed by atoms with Crippen molar-refractivity contribution in [1.82, 2.24) is 0 Å². The predicted molar refractivity (Wildman–Crippen MR) is 73.9 cm³/mol. The van der Waals surface area contributed by atoms with E-state index in [0.717, 1.165) is 5.56 Å². The second-order valence-electron chi connectivity index (χ2n) is 3.41. The highest BCUT2D eigenvalue weighted by Gasteiger charge is 2.16.